The molecule has 7 rings (SSSR count). The summed E-state index contributed by atoms with van der Waals surface area (Å²) in [6.07, 6.45) is 8.21. The van der Waals surface area contributed by atoms with Crippen LogP contribution in [-0.4, -0.2) is 46.9 Å². The van der Waals surface area contributed by atoms with Crippen LogP contribution in [0.2, 0.25) is 5.02 Å². The largest absolute Gasteiger partial charge is 0.333 e. The number of hydrogen-bond acceptors (Lipinski definition) is 3. The molecule has 5 aliphatic rings. The first-order valence-electron chi connectivity index (χ1n) is 14.0. The Balaban J connectivity index is 1.21. The van der Waals surface area contributed by atoms with Gasteiger partial charge in [-0.05, 0) is 103 Å². The summed E-state index contributed by atoms with van der Waals surface area (Å²) in [5.74, 6) is 2.59. The molecule has 7 heteroatoms. The number of carbonyl (C=O) groups excluding carboxylic acids is 2. The van der Waals surface area contributed by atoms with E-state index in [1.165, 1.54) is 29.7 Å². The van der Waals surface area contributed by atoms with Gasteiger partial charge < -0.3 is 15.1 Å². The highest BCUT2D eigenvalue weighted by Gasteiger charge is 2.52. The van der Waals surface area contributed by atoms with Crippen molar-refractivity contribution in [1.29, 1.82) is 0 Å². The van der Waals surface area contributed by atoms with Crippen molar-refractivity contribution in [3.8, 4) is 0 Å². The van der Waals surface area contributed by atoms with Crippen molar-refractivity contribution in [2.75, 3.05) is 19.6 Å². The zero-order valence-electron chi connectivity index (χ0n) is 21.9. The van der Waals surface area contributed by atoms with Crippen molar-refractivity contribution in [2.45, 2.75) is 70.4 Å². The number of carbonyl (C=O) groups is 2. The molecule has 37 heavy (non-hydrogen) atoms. The number of hydrogen-bond donors (Lipinski definition) is 1. The molecule has 1 atom stereocenters. The van der Waals surface area contributed by atoms with Gasteiger partial charge in [-0.3, -0.25) is 4.79 Å². The fourth-order valence-electron chi connectivity index (χ4n) is 8.07. The average molecular weight is 540 g/mol. The van der Waals surface area contributed by atoms with E-state index in [-0.39, 0.29) is 36.0 Å². The Hall–Kier alpha value is -2.05. The molecule has 4 aliphatic carbocycles. The Kier molecular flexibility index (Phi) is 6.77. The van der Waals surface area contributed by atoms with Gasteiger partial charge in [-0.25, -0.2) is 4.79 Å². The third-order valence-electron chi connectivity index (χ3n) is 9.08. The van der Waals surface area contributed by atoms with Crippen molar-refractivity contribution in [3.05, 3.63) is 56.7 Å². The van der Waals surface area contributed by atoms with E-state index in [9.17, 15) is 9.59 Å². The van der Waals surface area contributed by atoms with Crippen LogP contribution in [0.4, 0.5) is 4.79 Å². The van der Waals surface area contributed by atoms with Crippen molar-refractivity contribution in [3.63, 3.8) is 0 Å². The van der Waals surface area contributed by atoms with E-state index in [0.29, 0.717) is 18.1 Å². The smallest absolute Gasteiger partial charge is 0.318 e. The summed E-state index contributed by atoms with van der Waals surface area (Å²) in [6.45, 7) is 5.58. The number of rotatable bonds is 6. The molecule has 0 radical (unpaired) electrons. The Morgan fingerprint density at radius 2 is 1.73 bits per heavy atom. The normalized spacial score (nSPS) is 29.9. The molecule has 1 unspecified atom stereocenters. The summed E-state index contributed by atoms with van der Waals surface area (Å²) in [7, 11) is 0. The number of benzene rings is 1. The predicted molar refractivity (Wildman–Crippen MR) is 149 cm³/mol. The van der Waals surface area contributed by atoms with E-state index in [1.54, 1.807) is 16.2 Å². The van der Waals surface area contributed by atoms with E-state index in [4.69, 9.17) is 11.6 Å². The molecule has 198 valence electrons. The third kappa shape index (κ3) is 5.04. The molecule has 0 spiro atoms. The van der Waals surface area contributed by atoms with E-state index in [0.717, 1.165) is 49.0 Å². The lowest BCUT2D eigenvalue weighted by atomic mass is 9.53. The summed E-state index contributed by atoms with van der Waals surface area (Å²) in [5.41, 5.74) is 2.19. The Morgan fingerprint density at radius 1 is 1.08 bits per heavy atom. The molecule has 5 nitrogen and oxygen atoms in total. The topological polar surface area (TPSA) is 52.7 Å². The zero-order chi connectivity index (χ0) is 25.7. The summed E-state index contributed by atoms with van der Waals surface area (Å²) in [5, 5.41) is 6.31. The maximum atomic E-state index is 13.9. The second-order valence-electron chi connectivity index (χ2n) is 12.5. The minimum Gasteiger partial charge on any atom is -0.333 e. The van der Waals surface area contributed by atoms with Gasteiger partial charge in [0.25, 0.3) is 0 Å². The van der Waals surface area contributed by atoms with Crippen molar-refractivity contribution in [2.24, 2.45) is 23.7 Å². The molecule has 1 aliphatic heterocycles. The SMILES string of the molecule is CC(C)CN(CC(=O)N1CCc2sccc2C1c1ccc(Cl)cc1)C(=O)NC12CC3CC(CC(C3)C1)C2. The van der Waals surface area contributed by atoms with E-state index < -0.39 is 0 Å². The molecule has 2 aromatic rings. The van der Waals surface area contributed by atoms with Gasteiger partial charge in [0.05, 0.1) is 6.04 Å². The summed E-state index contributed by atoms with van der Waals surface area (Å²) in [6, 6.07) is 9.77. The quantitative estimate of drug-likeness (QED) is 0.455. The first-order valence-corrected chi connectivity index (χ1v) is 15.2. The van der Waals surface area contributed by atoms with Gasteiger partial charge in [0.1, 0.15) is 6.54 Å². The van der Waals surface area contributed by atoms with Crippen molar-refractivity contribution in [1.82, 2.24) is 15.1 Å². The molecule has 2 heterocycles. The predicted octanol–water partition coefficient (Wildman–Crippen LogP) is 6.51. The monoisotopic (exact) mass is 539 g/mol. The van der Waals surface area contributed by atoms with Gasteiger partial charge in [-0.15, -0.1) is 11.3 Å². The molecule has 4 bridgehead atoms. The molecule has 1 N–H and O–H groups in total. The molecular weight excluding hydrogens is 502 g/mol. The van der Waals surface area contributed by atoms with Gasteiger partial charge in [0, 0.05) is 28.5 Å². The molecule has 4 fully saturated rings. The average Bonchev–Trinajstić information content (AvgIpc) is 3.31. The zero-order valence-corrected chi connectivity index (χ0v) is 23.5. The summed E-state index contributed by atoms with van der Waals surface area (Å²) >= 11 is 7.94. The standard InChI is InChI=1S/C30H38ClN3O2S/c1-19(2)17-33(29(36)32-30-14-20-11-21(15-30)13-22(12-20)16-30)18-27(35)34-9-7-26-25(8-10-37-26)28(34)23-3-5-24(31)6-4-23/h3-6,8,10,19-22,28H,7,9,11-18H2,1-2H3,(H,32,36). The Labute approximate surface area is 229 Å². The van der Waals surface area contributed by atoms with E-state index in [2.05, 4.69) is 30.6 Å². The maximum absolute atomic E-state index is 13.9. The molecule has 0 saturated heterocycles. The van der Waals surface area contributed by atoms with Gasteiger partial charge in [-0.1, -0.05) is 37.6 Å². The first kappa shape index (κ1) is 25.2. The van der Waals surface area contributed by atoms with Crippen molar-refractivity contribution >= 4 is 34.9 Å². The fourth-order valence-corrected chi connectivity index (χ4v) is 9.10. The van der Waals surface area contributed by atoms with Crippen LogP contribution in [-0.2, 0) is 11.2 Å². The number of thiophene rings is 1. The summed E-state index contributed by atoms with van der Waals surface area (Å²) < 4.78 is 0. The minimum atomic E-state index is -0.146. The van der Waals surface area contributed by atoms with E-state index >= 15 is 0 Å². The molecule has 1 aromatic carbocycles. The second kappa shape index (κ2) is 9.92. The molecule has 4 saturated carbocycles. The van der Waals surface area contributed by atoms with Gasteiger partial charge in [0.15, 0.2) is 0 Å². The lowest BCUT2D eigenvalue weighted by molar-refractivity contribution is -0.134. The molecule has 3 amide bonds. The van der Waals surface area contributed by atoms with Crippen LogP contribution in [0, 0.1) is 23.7 Å². The molecule has 1 aromatic heterocycles. The first-order chi connectivity index (χ1) is 17.8. The number of nitrogens with one attached hydrogen (secondary N) is 1. The van der Waals surface area contributed by atoms with Crippen LogP contribution < -0.4 is 5.32 Å². The number of halogens is 1. The van der Waals surface area contributed by atoms with Gasteiger partial charge in [-0.2, -0.15) is 0 Å². The van der Waals surface area contributed by atoms with Gasteiger partial charge >= 0.3 is 6.03 Å². The highest BCUT2D eigenvalue weighted by atomic mass is 35.5. The van der Waals surface area contributed by atoms with Crippen LogP contribution in [0.3, 0.4) is 0 Å². The maximum Gasteiger partial charge on any atom is 0.318 e. The lowest BCUT2D eigenvalue weighted by Gasteiger charge is -2.57. The van der Waals surface area contributed by atoms with Gasteiger partial charge in [0.2, 0.25) is 5.91 Å². The number of fused-ring (bicyclic) bond motifs is 1. The van der Waals surface area contributed by atoms with Crippen LogP contribution in [0.15, 0.2) is 35.7 Å². The Bertz CT molecular complexity index is 1120. The number of nitrogens with zero attached hydrogens (tertiary/aromatic N) is 2. The highest BCUT2D eigenvalue weighted by molar-refractivity contribution is 7.10. The van der Waals surface area contributed by atoms with Crippen molar-refractivity contribution < 1.29 is 9.59 Å². The third-order valence-corrected chi connectivity index (χ3v) is 10.3. The fraction of sp³-hybridized carbons (Fsp3) is 0.600. The highest BCUT2D eigenvalue weighted by Crippen LogP contribution is 2.55. The Morgan fingerprint density at radius 3 is 2.35 bits per heavy atom. The number of amides is 3. The van der Waals surface area contributed by atoms with Crippen LogP contribution in [0.5, 0.6) is 0 Å². The minimum absolute atomic E-state index is 0.0121. The second-order valence-corrected chi connectivity index (χ2v) is 13.9. The van der Waals surface area contributed by atoms with Crippen LogP contribution in [0.1, 0.15) is 74.4 Å². The van der Waals surface area contributed by atoms with E-state index in [1.807, 2.05) is 29.2 Å². The van der Waals surface area contributed by atoms with Crippen LogP contribution >= 0.6 is 22.9 Å². The molecular formula is C30H38ClN3O2S. The van der Waals surface area contributed by atoms with Crippen LogP contribution in [0.25, 0.3) is 0 Å². The number of urea groups is 1. The summed E-state index contributed by atoms with van der Waals surface area (Å²) in [4.78, 5) is 32.8. The lowest BCUT2D eigenvalue weighted by Crippen LogP contribution is -2.62.